The number of aliphatic hydroxyl groups excluding tert-OH is 1. The molecule has 1 saturated carbocycles. The van der Waals surface area contributed by atoms with Gasteiger partial charge in [0.05, 0.1) is 6.10 Å². The highest BCUT2D eigenvalue weighted by Crippen LogP contribution is 2.55. The highest BCUT2D eigenvalue weighted by Gasteiger charge is 2.50. The third-order valence-electron chi connectivity index (χ3n) is 5.66. The van der Waals surface area contributed by atoms with E-state index in [1.54, 1.807) is 0 Å². The molecule has 2 aliphatic rings. The summed E-state index contributed by atoms with van der Waals surface area (Å²) in [5, 5.41) is 10.1. The Hall–Kier alpha value is -0.210. The van der Waals surface area contributed by atoms with Crippen molar-refractivity contribution in [2.24, 2.45) is 17.3 Å². The topological polar surface area (TPSA) is 20.2 Å². The predicted octanol–water partition coefficient (Wildman–Crippen LogP) is 5.46. The first kappa shape index (κ1) is 17.1. The Balaban J connectivity index is 1.76. The molecule has 1 fully saturated rings. The molecule has 2 bridgehead atoms. The van der Waals surface area contributed by atoms with Crippen molar-refractivity contribution in [3.63, 3.8) is 0 Å². The van der Waals surface area contributed by atoms with Gasteiger partial charge in [-0.2, -0.15) is 0 Å². The van der Waals surface area contributed by atoms with Crippen molar-refractivity contribution in [2.75, 3.05) is 0 Å². The fraction of sp³-hybridized carbons (Fsp3) is 0.842. The Morgan fingerprint density at radius 2 is 1.86 bits per heavy atom. The molecule has 4 atom stereocenters. The third kappa shape index (κ3) is 4.16. The van der Waals surface area contributed by atoms with E-state index in [-0.39, 0.29) is 11.5 Å². The molecule has 0 aliphatic heterocycles. The van der Waals surface area contributed by atoms with E-state index in [4.69, 9.17) is 12.2 Å². The van der Waals surface area contributed by atoms with Crippen LogP contribution in [0.4, 0.5) is 0 Å². The van der Waals surface area contributed by atoms with Crippen LogP contribution in [0.25, 0.3) is 0 Å². The maximum atomic E-state index is 10.1. The van der Waals surface area contributed by atoms with Crippen LogP contribution in [0.5, 0.6) is 0 Å². The quantitative estimate of drug-likeness (QED) is 0.328. The smallest absolute Gasteiger partial charge is 0.0611 e. The van der Waals surface area contributed by atoms with Gasteiger partial charge in [0.1, 0.15) is 0 Å². The summed E-state index contributed by atoms with van der Waals surface area (Å²) in [6.45, 7) is 4.38. The van der Waals surface area contributed by atoms with E-state index in [1.165, 1.54) is 51.4 Å². The number of allylic oxidation sites excluding steroid dienone is 1. The Kier molecular flexibility index (Phi) is 6.43. The van der Waals surface area contributed by atoms with Crippen molar-refractivity contribution in [1.29, 1.82) is 0 Å². The second-order valence-electron chi connectivity index (χ2n) is 7.30. The predicted molar refractivity (Wildman–Crippen MR) is 94.7 cm³/mol. The number of fused-ring (bicyclic) bond motifs is 2. The Morgan fingerprint density at radius 3 is 2.38 bits per heavy atom. The molecule has 0 aromatic rings. The Morgan fingerprint density at radius 1 is 1.19 bits per heavy atom. The van der Waals surface area contributed by atoms with Crippen LogP contribution in [-0.4, -0.2) is 16.1 Å². The van der Waals surface area contributed by atoms with Crippen LogP contribution in [0.15, 0.2) is 12.2 Å². The van der Waals surface area contributed by atoms with E-state index >= 15 is 0 Å². The zero-order valence-electron chi connectivity index (χ0n) is 13.8. The lowest BCUT2D eigenvalue weighted by Gasteiger charge is -2.34. The van der Waals surface area contributed by atoms with Gasteiger partial charge in [-0.05, 0) is 42.4 Å². The summed E-state index contributed by atoms with van der Waals surface area (Å²) < 4.78 is 0. The minimum atomic E-state index is -0.124. The standard InChI is InChI=1S/C19H32OS/c1-3-4-5-6-7-8-9-10-17(15(2)21)19-12-11-16(13-19)18(20)14-19/h11-12,16-18,20H,3-10,13-14H2,1-2H3. The van der Waals surface area contributed by atoms with Crippen LogP contribution in [-0.2, 0) is 0 Å². The lowest BCUT2D eigenvalue weighted by Crippen LogP contribution is -2.31. The van der Waals surface area contributed by atoms with Crippen LogP contribution in [0.2, 0.25) is 0 Å². The second-order valence-corrected chi connectivity index (χ2v) is 7.95. The van der Waals surface area contributed by atoms with Crippen LogP contribution in [0.1, 0.15) is 78.1 Å². The fourth-order valence-corrected chi connectivity index (χ4v) is 4.80. The molecule has 1 N–H and O–H groups in total. The molecule has 120 valence electrons. The van der Waals surface area contributed by atoms with E-state index in [1.807, 2.05) is 0 Å². The van der Waals surface area contributed by atoms with Crippen LogP contribution in [0, 0.1) is 17.3 Å². The first-order valence-electron chi connectivity index (χ1n) is 8.97. The normalized spacial score (nSPS) is 31.8. The number of thiocarbonyl (C=S) groups is 1. The first-order valence-corrected chi connectivity index (χ1v) is 9.38. The molecule has 1 nitrogen and oxygen atoms in total. The molecule has 2 heteroatoms. The molecule has 0 amide bonds. The van der Waals surface area contributed by atoms with Gasteiger partial charge in [-0.1, -0.05) is 76.2 Å². The van der Waals surface area contributed by atoms with E-state index in [0.29, 0.717) is 11.8 Å². The molecule has 0 aromatic carbocycles. The monoisotopic (exact) mass is 308 g/mol. The van der Waals surface area contributed by atoms with Crippen molar-refractivity contribution in [3.8, 4) is 0 Å². The zero-order valence-corrected chi connectivity index (χ0v) is 14.6. The first-order chi connectivity index (χ1) is 10.1. The minimum Gasteiger partial charge on any atom is -0.392 e. The van der Waals surface area contributed by atoms with E-state index in [0.717, 1.165) is 17.7 Å². The summed E-state index contributed by atoms with van der Waals surface area (Å²) in [6.07, 6.45) is 17.3. The SMILES string of the molecule is CCCCCCCCCC(C(C)=S)C12C=CC(C1)C(O)C2. The summed E-state index contributed by atoms with van der Waals surface area (Å²) in [5.74, 6) is 0.900. The van der Waals surface area contributed by atoms with Crippen molar-refractivity contribution >= 4 is 17.1 Å². The molecule has 0 aromatic heterocycles. The minimum absolute atomic E-state index is 0.124. The Bertz CT molecular complexity index is 376. The van der Waals surface area contributed by atoms with Gasteiger partial charge in [0.15, 0.2) is 0 Å². The molecule has 0 heterocycles. The lowest BCUT2D eigenvalue weighted by atomic mass is 9.71. The number of hydrogen-bond acceptors (Lipinski definition) is 2. The molecule has 2 aliphatic carbocycles. The fourth-order valence-electron chi connectivity index (χ4n) is 4.45. The van der Waals surface area contributed by atoms with Gasteiger partial charge in [0.2, 0.25) is 0 Å². The zero-order chi connectivity index (χ0) is 15.3. The summed E-state index contributed by atoms with van der Waals surface area (Å²) >= 11 is 5.57. The molecule has 0 radical (unpaired) electrons. The number of aliphatic hydroxyl groups is 1. The largest absolute Gasteiger partial charge is 0.392 e. The molecular weight excluding hydrogens is 276 g/mol. The van der Waals surface area contributed by atoms with Crippen LogP contribution in [0.3, 0.4) is 0 Å². The molecule has 4 unspecified atom stereocenters. The summed E-state index contributed by atoms with van der Waals surface area (Å²) in [6, 6.07) is 0. The highest BCUT2D eigenvalue weighted by molar-refractivity contribution is 7.80. The third-order valence-corrected chi connectivity index (χ3v) is 5.94. The van der Waals surface area contributed by atoms with Crippen LogP contribution >= 0.6 is 12.2 Å². The van der Waals surface area contributed by atoms with E-state index in [2.05, 4.69) is 26.0 Å². The summed E-state index contributed by atoms with van der Waals surface area (Å²) in [4.78, 5) is 1.15. The molecule has 0 spiro atoms. The van der Waals surface area contributed by atoms with Crippen LogP contribution < -0.4 is 0 Å². The van der Waals surface area contributed by atoms with Gasteiger partial charge in [0, 0.05) is 5.92 Å². The molecule has 0 saturated heterocycles. The van der Waals surface area contributed by atoms with E-state index < -0.39 is 0 Å². The molecule has 2 rings (SSSR count). The van der Waals surface area contributed by atoms with Gasteiger partial charge < -0.3 is 5.11 Å². The maximum Gasteiger partial charge on any atom is 0.0611 e. The van der Waals surface area contributed by atoms with Crippen molar-refractivity contribution in [1.82, 2.24) is 0 Å². The maximum absolute atomic E-state index is 10.1. The average Bonchev–Trinajstić information content (AvgIpc) is 2.99. The lowest BCUT2D eigenvalue weighted by molar-refractivity contribution is 0.134. The number of rotatable bonds is 10. The van der Waals surface area contributed by atoms with Gasteiger partial charge in [-0.3, -0.25) is 0 Å². The van der Waals surface area contributed by atoms with Gasteiger partial charge in [-0.15, -0.1) is 0 Å². The van der Waals surface area contributed by atoms with Gasteiger partial charge in [0.25, 0.3) is 0 Å². The summed E-state index contributed by atoms with van der Waals surface area (Å²) in [7, 11) is 0. The van der Waals surface area contributed by atoms with Gasteiger partial charge in [-0.25, -0.2) is 0 Å². The van der Waals surface area contributed by atoms with Crippen molar-refractivity contribution < 1.29 is 5.11 Å². The second kappa shape index (κ2) is 7.87. The Labute approximate surface area is 136 Å². The van der Waals surface area contributed by atoms with Crippen molar-refractivity contribution in [3.05, 3.63) is 12.2 Å². The highest BCUT2D eigenvalue weighted by atomic mass is 32.1. The summed E-state index contributed by atoms with van der Waals surface area (Å²) in [5.41, 5.74) is 0.193. The van der Waals surface area contributed by atoms with E-state index in [9.17, 15) is 5.11 Å². The van der Waals surface area contributed by atoms with Crippen molar-refractivity contribution in [2.45, 2.75) is 84.2 Å². The molecule has 21 heavy (non-hydrogen) atoms. The molecular formula is C19H32OS. The average molecular weight is 309 g/mol. The number of hydrogen-bond donors (Lipinski definition) is 1. The van der Waals surface area contributed by atoms with Gasteiger partial charge >= 0.3 is 0 Å². The number of unbranched alkanes of at least 4 members (excludes halogenated alkanes) is 6.